The van der Waals surface area contributed by atoms with Crippen LogP contribution in [0.3, 0.4) is 0 Å². The van der Waals surface area contributed by atoms with Crippen molar-refractivity contribution in [2.75, 3.05) is 42.6 Å². The van der Waals surface area contributed by atoms with Crippen molar-refractivity contribution in [3.63, 3.8) is 0 Å². The third kappa shape index (κ3) is 3.54. The molecule has 9 heteroatoms. The molecule has 0 bridgehead atoms. The number of anilines is 2. The van der Waals surface area contributed by atoms with Crippen LogP contribution in [-0.2, 0) is 36.2 Å². The molecule has 0 spiro atoms. The molecule has 3 aliphatic rings. The van der Waals surface area contributed by atoms with E-state index in [-0.39, 0.29) is 29.3 Å². The molecule has 3 heterocycles. The first-order chi connectivity index (χ1) is 16.1. The Morgan fingerprint density at radius 3 is 2.53 bits per heavy atom. The highest BCUT2D eigenvalue weighted by Crippen LogP contribution is 2.43. The summed E-state index contributed by atoms with van der Waals surface area (Å²) in [5, 5.41) is 0. The lowest BCUT2D eigenvalue weighted by Gasteiger charge is -2.27. The third-order valence-electron chi connectivity index (χ3n) is 7.09. The summed E-state index contributed by atoms with van der Waals surface area (Å²) in [6, 6.07) is 12.6. The molecule has 0 aromatic heterocycles. The number of carbonyl (C=O) groups is 2. The van der Waals surface area contributed by atoms with Gasteiger partial charge in [0, 0.05) is 30.5 Å². The molecular formula is C25H29N3O5S. The fraction of sp³-hybridized carbons (Fsp3) is 0.440. The molecule has 8 nitrogen and oxygen atoms in total. The minimum atomic E-state index is -3.70. The Labute approximate surface area is 200 Å². The Hall–Kier alpha value is -2.75. The van der Waals surface area contributed by atoms with Crippen LogP contribution in [-0.4, -0.2) is 63.4 Å². The number of rotatable bonds is 4. The van der Waals surface area contributed by atoms with E-state index in [2.05, 4.69) is 0 Å². The van der Waals surface area contributed by atoms with Crippen molar-refractivity contribution in [3.8, 4) is 0 Å². The number of amides is 2. The molecule has 2 aromatic rings. The maximum absolute atomic E-state index is 13.4. The summed E-state index contributed by atoms with van der Waals surface area (Å²) >= 11 is 0. The number of carbonyl (C=O) groups excluding carboxylic acids is 2. The summed E-state index contributed by atoms with van der Waals surface area (Å²) in [5.74, 6) is -0.364. The number of ether oxygens (including phenoxy) is 1. The van der Waals surface area contributed by atoms with Gasteiger partial charge in [-0.05, 0) is 62.6 Å². The number of benzene rings is 2. The molecule has 1 fully saturated rings. The van der Waals surface area contributed by atoms with E-state index in [0.717, 1.165) is 17.7 Å². The molecule has 0 unspecified atom stereocenters. The second kappa shape index (κ2) is 8.18. The molecule has 3 aliphatic heterocycles. The van der Waals surface area contributed by atoms with Gasteiger partial charge in [-0.15, -0.1) is 0 Å². The molecular weight excluding hydrogens is 454 g/mol. The van der Waals surface area contributed by atoms with Gasteiger partial charge in [-0.2, -0.15) is 4.31 Å². The molecule has 0 aliphatic carbocycles. The summed E-state index contributed by atoms with van der Waals surface area (Å²) in [4.78, 5) is 30.2. The Kier molecular flexibility index (Phi) is 5.54. The number of hydrogen-bond donors (Lipinski definition) is 0. The second-order valence-corrected chi connectivity index (χ2v) is 11.6. The largest absolute Gasteiger partial charge is 0.379 e. The standard InChI is InChI=1S/C25H29N3O5S/c1-17-14-18-6-4-5-7-21(18)28(17)23(29)16-27-22-9-8-19(15-20(22)25(2,3)24(27)30)34(31,32)26-10-12-33-13-11-26/h4-9,15,17H,10-14,16H2,1-3H3/t17-/m1/s1. The highest BCUT2D eigenvalue weighted by atomic mass is 32.2. The molecule has 2 amide bonds. The second-order valence-electron chi connectivity index (χ2n) is 9.66. The van der Waals surface area contributed by atoms with Crippen molar-refractivity contribution in [1.29, 1.82) is 0 Å². The van der Waals surface area contributed by atoms with Gasteiger partial charge in [0.25, 0.3) is 0 Å². The highest BCUT2D eigenvalue weighted by Gasteiger charge is 2.46. The van der Waals surface area contributed by atoms with Gasteiger partial charge in [-0.1, -0.05) is 18.2 Å². The first kappa shape index (κ1) is 23.0. The summed E-state index contributed by atoms with van der Waals surface area (Å²) in [7, 11) is -3.70. The van der Waals surface area contributed by atoms with Crippen LogP contribution < -0.4 is 9.80 Å². The lowest BCUT2D eigenvalue weighted by molar-refractivity contribution is -0.124. The molecule has 0 radical (unpaired) electrons. The average Bonchev–Trinajstić information content (AvgIpc) is 3.26. The van der Waals surface area contributed by atoms with Crippen molar-refractivity contribution >= 4 is 33.2 Å². The zero-order valence-corrected chi connectivity index (χ0v) is 20.5. The van der Waals surface area contributed by atoms with Gasteiger partial charge in [-0.25, -0.2) is 8.42 Å². The molecule has 0 N–H and O–H groups in total. The van der Waals surface area contributed by atoms with Gasteiger partial charge < -0.3 is 14.5 Å². The van der Waals surface area contributed by atoms with Crippen LogP contribution in [0.4, 0.5) is 11.4 Å². The zero-order valence-electron chi connectivity index (χ0n) is 19.7. The smallest absolute Gasteiger partial charge is 0.247 e. The van der Waals surface area contributed by atoms with Crippen LogP contribution in [0.1, 0.15) is 31.9 Å². The maximum atomic E-state index is 13.4. The number of fused-ring (bicyclic) bond motifs is 2. The predicted molar refractivity (Wildman–Crippen MR) is 128 cm³/mol. The van der Waals surface area contributed by atoms with Gasteiger partial charge in [0.1, 0.15) is 6.54 Å². The van der Waals surface area contributed by atoms with Crippen molar-refractivity contribution in [1.82, 2.24) is 4.31 Å². The topological polar surface area (TPSA) is 87.2 Å². The number of hydrogen-bond acceptors (Lipinski definition) is 5. The minimum Gasteiger partial charge on any atom is -0.379 e. The Bertz CT molecular complexity index is 1270. The molecule has 1 saturated heterocycles. The summed E-state index contributed by atoms with van der Waals surface area (Å²) in [6.07, 6.45) is 0.778. The van der Waals surface area contributed by atoms with E-state index >= 15 is 0 Å². The van der Waals surface area contributed by atoms with Crippen molar-refractivity contribution in [2.24, 2.45) is 0 Å². The molecule has 5 rings (SSSR count). The van der Waals surface area contributed by atoms with Gasteiger partial charge in [0.15, 0.2) is 0 Å². The quantitative estimate of drug-likeness (QED) is 0.666. The summed E-state index contributed by atoms with van der Waals surface area (Å²) in [5.41, 5.74) is 2.27. The molecule has 34 heavy (non-hydrogen) atoms. The van der Waals surface area contributed by atoms with E-state index in [1.54, 1.807) is 30.9 Å². The van der Waals surface area contributed by atoms with Crippen molar-refractivity contribution in [3.05, 3.63) is 53.6 Å². The zero-order chi connectivity index (χ0) is 24.3. The monoisotopic (exact) mass is 483 g/mol. The molecule has 180 valence electrons. The van der Waals surface area contributed by atoms with Crippen molar-refractivity contribution < 1.29 is 22.7 Å². The van der Waals surface area contributed by atoms with E-state index in [9.17, 15) is 18.0 Å². The lowest BCUT2D eigenvalue weighted by Crippen LogP contribution is -2.46. The van der Waals surface area contributed by atoms with Gasteiger partial charge in [-0.3, -0.25) is 9.59 Å². The summed E-state index contributed by atoms with van der Waals surface area (Å²) < 4.78 is 33.0. The Morgan fingerprint density at radius 1 is 1.09 bits per heavy atom. The fourth-order valence-corrected chi connectivity index (χ4v) is 6.66. The van der Waals surface area contributed by atoms with Gasteiger partial charge in [0.2, 0.25) is 21.8 Å². The van der Waals surface area contributed by atoms with Crippen LogP contribution in [0.15, 0.2) is 47.4 Å². The number of nitrogens with zero attached hydrogens (tertiary/aromatic N) is 3. The third-order valence-corrected chi connectivity index (χ3v) is 8.98. The molecule has 1 atom stereocenters. The van der Waals surface area contributed by atoms with E-state index < -0.39 is 15.4 Å². The average molecular weight is 484 g/mol. The lowest BCUT2D eigenvalue weighted by atomic mass is 9.86. The summed E-state index contributed by atoms with van der Waals surface area (Å²) in [6.45, 7) is 6.79. The Morgan fingerprint density at radius 2 is 1.79 bits per heavy atom. The first-order valence-corrected chi connectivity index (χ1v) is 13.0. The van der Waals surface area contributed by atoms with Crippen LogP contribution in [0, 0.1) is 0 Å². The van der Waals surface area contributed by atoms with E-state index in [0.29, 0.717) is 37.6 Å². The first-order valence-electron chi connectivity index (χ1n) is 11.6. The number of para-hydroxylation sites is 1. The van der Waals surface area contributed by atoms with E-state index in [1.165, 1.54) is 15.3 Å². The Balaban J connectivity index is 1.46. The van der Waals surface area contributed by atoms with Crippen LogP contribution in [0.25, 0.3) is 0 Å². The minimum absolute atomic E-state index is 0.0103. The molecule has 2 aromatic carbocycles. The SMILES string of the molecule is C[C@@H]1Cc2ccccc2N1C(=O)CN1C(=O)C(C)(C)c2cc(S(=O)(=O)N3CCOCC3)ccc21. The van der Waals surface area contributed by atoms with Crippen LogP contribution in [0.2, 0.25) is 0 Å². The maximum Gasteiger partial charge on any atom is 0.247 e. The number of morpholine rings is 1. The molecule has 0 saturated carbocycles. The van der Waals surface area contributed by atoms with E-state index in [4.69, 9.17) is 4.74 Å². The van der Waals surface area contributed by atoms with Crippen LogP contribution in [0.5, 0.6) is 0 Å². The van der Waals surface area contributed by atoms with E-state index in [1.807, 2.05) is 31.2 Å². The van der Waals surface area contributed by atoms with Crippen molar-refractivity contribution in [2.45, 2.75) is 43.5 Å². The highest BCUT2D eigenvalue weighted by molar-refractivity contribution is 7.89. The fourth-order valence-electron chi connectivity index (χ4n) is 5.22. The number of sulfonamides is 1. The van der Waals surface area contributed by atoms with Gasteiger partial charge in [0.05, 0.1) is 23.5 Å². The van der Waals surface area contributed by atoms with Crippen LogP contribution >= 0.6 is 0 Å². The normalized spacial score (nSPS) is 22.1. The predicted octanol–water partition coefficient (Wildman–Crippen LogP) is 2.31. The van der Waals surface area contributed by atoms with Gasteiger partial charge >= 0.3 is 0 Å².